The highest BCUT2D eigenvalue weighted by atomic mass is 19.1. The van der Waals surface area contributed by atoms with E-state index >= 15 is 4.39 Å². The maximum atomic E-state index is 15.1. The molecule has 2 aromatic heterocycles. The SMILES string of the molecule is COc1cc(-c2ccc3cc(-c4nc5cc(C(=O)N6CC7CCC6[C@@H]7N)cc(OC)c5n4C)n(CC4CC4)c3c2)c(F)cc1O. The molecule has 5 aromatic rings. The van der Waals surface area contributed by atoms with Crippen molar-refractivity contribution >= 4 is 27.8 Å². The Morgan fingerprint density at radius 3 is 2.53 bits per heavy atom. The van der Waals surface area contributed by atoms with Gasteiger partial charge in [-0.3, -0.25) is 4.79 Å². The second kappa shape index (κ2) is 10.2. The van der Waals surface area contributed by atoms with Crippen LogP contribution in [0.2, 0.25) is 0 Å². The maximum absolute atomic E-state index is 15.1. The minimum atomic E-state index is -0.523. The van der Waals surface area contributed by atoms with E-state index in [-0.39, 0.29) is 29.5 Å². The summed E-state index contributed by atoms with van der Waals surface area (Å²) in [5.41, 5.74) is 11.4. The van der Waals surface area contributed by atoms with Gasteiger partial charge in [0.1, 0.15) is 17.1 Å². The lowest BCUT2D eigenvalue weighted by Crippen LogP contribution is -2.41. The van der Waals surface area contributed by atoms with Gasteiger partial charge < -0.3 is 34.3 Å². The van der Waals surface area contributed by atoms with Gasteiger partial charge in [0, 0.05) is 60.3 Å². The predicted molar refractivity (Wildman–Crippen MR) is 170 cm³/mol. The lowest BCUT2D eigenvalue weighted by molar-refractivity contribution is 0.0700. The van der Waals surface area contributed by atoms with Gasteiger partial charge in [-0.1, -0.05) is 12.1 Å². The number of rotatable bonds is 7. The number of halogens is 1. The van der Waals surface area contributed by atoms with E-state index in [2.05, 4.69) is 10.6 Å². The molecule has 9 nitrogen and oxygen atoms in total. The fourth-order valence-corrected chi connectivity index (χ4v) is 7.56. The summed E-state index contributed by atoms with van der Waals surface area (Å²) < 4.78 is 30.4. The number of hydrogen-bond acceptors (Lipinski definition) is 6. The number of nitrogens with two attached hydrogens (primary N) is 1. The number of amides is 1. The van der Waals surface area contributed by atoms with E-state index in [1.165, 1.54) is 13.2 Å². The number of piperidine rings is 1. The summed E-state index contributed by atoms with van der Waals surface area (Å²) in [6.45, 7) is 1.51. The molecule has 45 heavy (non-hydrogen) atoms. The third-order valence-electron chi connectivity index (χ3n) is 10.2. The molecule has 8 rings (SSSR count). The van der Waals surface area contributed by atoms with Crippen LogP contribution in [0.15, 0.2) is 48.5 Å². The van der Waals surface area contributed by atoms with Crippen molar-refractivity contribution in [2.75, 3.05) is 20.8 Å². The zero-order valence-corrected chi connectivity index (χ0v) is 25.6. The minimum absolute atomic E-state index is 0.0291. The van der Waals surface area contributed by atoms with Gasteiger partial charge in [0.25, 0.3) is 5.91 Å². The first-order valence-corrected chi connectivity index (χ1v) is 15.6. The standard InChI is InChI=1S/C35H36FN5O4/c1-39-33-25(10-22(13-31(33)45-3)35(43)41-17-21-8-9-26(41)32(21)37)38-34(39)28-12-20-7-6-19(11-27(20)40(28)16-18-4-5-18)23-14-30(44-2)29(42)15-24(23)36/h6-7,10-15,18,21,26,32,42H,4-5,8-9,16-17,37H2,1-3H3/t21?,26?,32-/m1/s1. The number of nitrogens with zero attached hydrogens (tertiary/aromatic N) is 4. The Labute approximate surface area is 260 Å². The Balaban J connectivity index is 1.24. The van der Waals surface area contributed by atoms with Crippen LogP contribution < -0.4 is 15.2 Å². The molecule has 3 aliphatic rings. The number of aromatic hydroxyl groups is 1. The normalized spacial score (nSPS) is 20.9. The molecule has 10 heteroatoms. The second-order valence-corrected chi connectivity index (χ2v) is 12.8. The van der Waals surface area contributed by atoms with E-state index in [0.29, 0.717) is 46.3 Å². The predicted octanol–water partition coefficient (Wildman–Crippen LogP) is 5.70. The van der Waals surface area contributed by atoms with Crippen LogP contribution in [-0.2, 0) is 13.6 Å². The summed E-state index contributed by atoms with van der Waals surface area (Å²) in [4.78, 5) is 20.7. The largest absolute Gasteiger partial charge is 0.504 e. The molecule has 3 heterocycles. The van der Waals surface area contributed by atoms with Crippen LogP contribution in [0.4, 0.5) is 4.39 Å². The highest BCUT2D eigenvalue weighted by Crippen LogP contribution is 2.41. The average Bonchev–Trinajstić information content (AvgIpc) is 3.44. The van der Waals surface area contributed by atoms with Crippen LogP contribution in [-0.4, -0.2) is 62.9 Å². The van der Waals surface area contributed by atoms with Crippen molar-refractivity contribution < 1.29 is 23.8 Å². The second-order valence-electron chi connectivity index (χ2n) is 12.8. The van der Waals surface area contributed by atoms with E-state index in [1.54, 1.807) is 7.11 Å². The summed E-state index contributed by atoms with van der Waals surface area (Å²) in [5.74, 6) is 1.70. The number of carbonyl (C=O) groups excluding carboxylic acids is 1. The number of likely N-dealkylation sites (tertiary alicyclic amines) is 1. The number of ether oxygens (including phenoxy) is 2. The van der Waals surface area contributed by atoms with E-state index in [0.717, 1.165) is 66.2 Å². The maximum Gasteiger partial charge on any atom is 0.254 e. The summed E-state index contributed by atoms with van der Waals surface area (Å²) in [7, 11) is 5.03. The fraction of sp³-hybridized carbons (Fsp3) is 0.371. The molecule has 232 valence electrons. The van der Waals surface area contributed by atoms with Crippen LogP contribution in [0.3, 0.4) is 0 Å². The van der Waals surface area contributed by atoms with Crippen molar-refractivity contribution in [2.24, 2.45) is 24.6 Å². The molecule has 1 amide bonds. The molecular formula is C35H36FN5O4. The Morgan fingerprint density at radius 1 is 1.04 bits per heavy atom. The average molecular weight is 610 g/mol. The number of carbonyl (C=O) groups is 1. The molecule has 2 aliphatic carbocycles. The van der Waals surface area contributed by atoms with Crippen molar-refractivity contribution in [2.45, 2.75) is 44.3 Å². The van der Waals surface area contributed by atoms with Crippen LogP contribution in [0.25, 0.3) is 44.6 Å². The third-order valence-corrected chi connectivity index (χ3v) is 10.2. The number of fused-ring (bicyclic) bond motifs is 4. The van der Waals surface area contributed by atoms with E-state index < -0.39 is 5.82 Å². The monoisotopic (exact) mass is 609 g/mol. The molecule has 0 spiro atoms. The van der Waals surface area contributed by atoms with Crippen molar-refractivity contribution in [3.63, 3.8) is 0 Å². The van der Waals surface area contributed by atoms with Crippen molar-refractivity contribution in [1.29, 1.82) is 0 Å². The highest BCUT2D eigenvalue weighted by molar-refractivity contribution is 6.00. The number of aromatic nitrogens is 3. The summed E-state index contributed by atoms with van der Waals surface area (Å²) in [5, 5.41) is 11.1. The van der Waals surface area contributed by atoms with Crippen molar-refractivity contribution in [3.05, 3.63) is 59.9 Å². The fourth-order valence-electron chi connectivity index (χ4n) is 7.56. The molecule has 3 N–H and O–H groups in total. The first kappa shape index (κ1) is 27.9. The number of imidazole rings is 1. The molecule has 3 atom stereocenters. The van der Waals surface area contributed by atoms with Crippen LogP contribution in [0.1, 0.15) is 36.0 Å². The summed E-state index contributed by atoms with van der Waals surface area (Å²) in [6, 6.07) is 14.4. The molecule has 2 bridgehead atoms. The number of aryl methyl sites for hydroxylation is 1. The molecule has 3 aromatic carbocycles. The third kappa shape index (κ3) is 4.37. The molecule has 2 unspecified atom stereocenters. The summed E-state index contributed by atoms with van der Waals surface area (Å²) in [6.07, 6.45) is 4.35. The van der Waals surface area contributed by atoms with Gasteiger partial charge in [-0.25, -0.2) is 9.37 Å². The van der Waals surface area contributed by atoms with Gasteiger partial charge in [0.05, 0.1) is 25.4 Å². The molecule has 1 aliphatic heterocycles. The molecule has 0 radical (unpaired) electrons. The topological polar surface area (TPSA) is 108 Å². The van der Waals surface area contributed by atoms with Crippen LogP contribution in [0.5, 0.6) is 17.2 Å². The Hall–Kier alpha value is -4.57. The highest BCUT2D eigenvalue weighted by Gasteiger charge is 2.47. The van der Waals surface area contributed by atoms with Gasteiger partial charge in [-0.05, 0) is 73.4 Å². The van der Waals surface area contributed by atoms with Gasteiger partial charge >= 0.3 is 0 Å². The lowest BCUT2D eigenvalue weighted by atomic mass is 10.0. The molecule has 2 saturated carbocycles. The first-order valence-electron chi connectivity index (χ1n) is 15.6. The Morgan fingerprint density at radius 2 is 1.84 bits per heavy atom. The molecular weight excluding hydrogens is 573 g/mol. The lowest BCUT2D eigenvalue weighted by Gasteiger charge is -2.27. The number of phenolic OH excluding ortho intramolecular Hbond substituents is 1. The van der Waals surface area contributed by atoms with Gasteiger partial charge in [-0.15, -0.1) is 0 Å². The molecule has 3 fully saturated rings. The van der Waals surface area contributed by atoms with Crippen LogP contribution >= 0.6 is 0 Å². The molecule has 1 saturated heterocycles. The van der Waals surface area contributed by atoms with E-state index in [9.17, 15) is 9.90 Å². The van der Waals surface area contributed by atoms with E-state index in [1.807, 2.05) is 46.8 Å². The number of benzene rings is 3. The van der Waals surface area contributed by atoms with Crippen LogP contribution in [0, 0.1) is 17.7 Å². The zero-order chi connectivity index (χ0) is 31.1. The Kier molecular flexibility index (Phi) is 6.36. The van der Waals surface area contributed by atoms with Crippen molar-refractivity contribution in [1.82, 2.24) is 19.0 Å². The van der Waals surface area contributed by atoms with Crippen molar-refractivity contribution in [3.8, 4) is 39.9 Å². The zero-order valence-electron chi connectivity index (χ0n) is 25.6. The minimum Gasteiger partial charge on any atom is -0.504 e. The quantitative estimate of drug-likeness (QED) is 0.245. The number of phenols is 1. The van der Waals surface area contributed by atoms with Gasteiger partial charge in [0.15, 0.2) is 17.3 Å². The van der Waals surface area contributed by atoms with E-state index in [4.69, 9.17) is 20.2 Å². The summed E-state index contributed by atoms with van der Waals surface area (Å²) >= 11 is 0. The number of methoxy groups -OCH3 is 2. The van der Waals surface area contributed by atoms with Gasteiger partial charge in [-0.2, -0.15) is 0 Å². The Bertz CT molecular complexity index is 2010. The van der Waals surface area contributed by atoms with Gasteiger partial charge in [0.2, 0.25) is 0 Å². The smallest absolute Gasteiger partial charge is 0.254 e. The number of hydrogen-bond donors (Lipinski definition) is 2. The first-order chi connectivity index (χ1) is 21.7.